The van der Waals surface area contributed by atoms with Crippen molar-refractivity contribution in [1.82, 2.24) is 14.7 Å². The van der Waals surface area contributed by atoms with Gasteiger partial charge in [-0.25, -0.2) is 4.79 Å². The molecule has 1 aromatic rings. The fourth-order valence-corrected chi connectivity index (χ4v) is 3.85. The monoisotopic (exact) mass is 331 g/mol. The van der Waals surface area contributed by atoms with Crippen molar-refractivity contribution < 1.29 is 9.90 Å². The largest absolute Gasteiger partial charge is 0.478 e. The minimum absolute atomic E-state index is 0.366. The van der Waals surface area contributed by atoms with Gasteiger partial charge in [-0.1, -0.05) is 12.1 Å². The second-order valence-electron chi connectivity index (χ2n) is 7.35. The summed E-state index contributed by atoms with van der Waals surface area (Å²) in [5.41, 5.74) is 1.57. The van der Waals surface area contributed by atoms with E-state index in [4.69, 9.17) is 5.11 Å². The van der Waals surface area contributed by atoms with Gasteiger partial charge in [0.25, 0.3) is 0 Å². The Morgan fingerprint density at radius 3 is 2.46 bits per heavy atom. The smallest absolute Gasteiger partial charge is 0.335 e. The molecule has 1 N–H and O–H groups in total. The van der Waals surface area contributed by atoms with Gasteiger partial charge >= 0.3 is 5.97 Å². The second-order valence-corrected chi connectivity index (χ2v) is 7.35. The number of nitrogens with zero attached hydrogens (tertiary/aromatic N) is 3. The molecule has 2 saturated heterocycles. The fraction of sp³-hybridized carbons (Fsp3) is 0.632. The van der Waals surface area contributed by atoms with E-state index in [0.717, 1.165) is 25.6 Å². The van der Waals surface area contributed by atoms with Gasteiger partial charge in [0.1, 0.15) is 0 Å². The molecule has 2 heterocycles. The summed E-state index contributed by atoms with van der Waals surface area (Å²) in [6.45, 7) is 9.24. The molecule has 3 rings (SSSR count). The van der Waals surface area contributed by atoms with Gasteiger partial charge in [0, 0.05) is 45.8 Å². The molecular formula is C19H29N3O2. The van der Waals surface area contributed by atoms with Crippen molar-refractivity contribution in [3.63, 3.8) is 0 Å². The van der Waals surface area contributed by atoms with Gasteiger partial charge in [0.2, 0.25) is 0 Å². The Morgan fingerprint density at radius 1 is 1.08 bits per heavy atom. The molecule has 0 bridgehead atoms. The molecular weight excluding hydrogens is 302 g/mol. The van der Waals surface area contributed by atoms with Gasteiger partial charge in [0.15, 0.2) is 0 Å². The predicted molar refractivity (Wildman–Crippen MR) is 95.3 cm³/mol. The molecule has 0 radical (unpaired) electrons. The van der Waals surface area contributed by atoms with E-state index in [0.29, 0.717) is 5.56 Å². The Hall–Kier alpha value is -1.43. The van der Waals surface area contributed by atoms with Crippen LogP contribution in [0.15, 0.2) is 24.3 Å². The van der Waals surface area contributed by atoms with Gasteiger partial charge in [-0.15, -0.1) is 0 Å². The maximum Gasteiger partial charge on any atom is 0.335 e. The summed E-state index contributed by atoms with van der Waals surface area (Å²) in [5, 5.41) is 8.99. The van der Waals surface area contributed by atoms with E-state index in [1.165, 1.54) is 51.1 Å². The number of benzene rings is 1. The van der Waals surface area contributed by atoms with Crippen molar-refractivity contribution in [1.29, 1.82) is 0 Å². The van der Waals surface area contributed by atoms with Crippen molar-refractivity contribution >= 4 is 5.97 Å². The number of hydrogen-bond acceptors (Lipinski definition) is 4. The number of likely N-dealkylation sites (N-methyl/N-ethyl adjacent to an activating group) is 1. The number of carboxylic acids is 1. The van der Waals surface area contributed by atoms with Crippen LogP contribution >= 0.6 is 0 Å². The van der Waals surface area contributed by atoms with Crippen molar-refractivity contribution in [3.05, 3.63) is 35.4 Å². The molecule has 2 aliphatic heterocycles. The molecule has 0 spiro atoms. The van der Waals surface area contributed by atoms with Gasteiger partial charge in [-0.3, -0.25) is 4.90 Å². The summed E-state index contributed by atoms with van der Waals surface area (Å²) in [7, 11) is 2.20. The van der Waals surface area contributed by atoms with Crippen molar-refractivity contribution in [2.24, 2.45) is 5.92 Å². The summed E-state index contributed by atoms with van der Waals surface area (Å²) in [6, 6.07) is 7.33. The second kappa shape index (κ2) is 8.10. The van der Waals surface area contributed by atoms with Crippen LogP contribution < -0.4 is 0 Å². The van der Waals surface area contributed by atoms with E-state index >= 15 is 0 Å². The highest BCUT2D eigenvalue weighted by Gasteiger charge is 2.23. The first-order valence-corrected chi connectivity index (χ1v) is 9.05. The van der Waals surface area contributed by atoms with Crippen LogP contribution in [0.2, 0.25) is 0 Å². The lowest BCUT2D eigenvalue weighted by Crippen LogP contribution is -2.48. The van der Waals surface area contributed by atoms with Crippen LogP contribution in [0, 0.1) is 5.92 Å². The summed E-state index contributed by atoms with van der Waals surface area (Å²) >= 11 is 0. The van der Waals surface area contributed by atoms with Crippen molar-refractivity contribution in [3.8, 4) is 0 Å². The number of piperidine rings is 1. The number of piperazine rings is 1. The van der Waals surface area contributed by atoms with Gasteiger partial charge < -0.3 is 14.9 Å². The molecule has 1 aromatic carbocycles. The van der Waals surface area contributed by atoms with Crippen molar-refractivity contribution in [2.75, 3.05) is 52.9 Å². The van der Waals surface area contributed by atoms with Crippen LogP contribution in [-0.4, -0.2) is 78.6 Å². The Balaban J connectivity index is 1.49. The van der Waals surface area contributed by atoms with E-state index in [9.17, 15) is 4.79 Å². The molecule has 2 aliphatic rings. The molecule has 0 amide bonds. The van der Waals surface area contributed by atoms with E-state index < -0.39 is 5.97 Å². The third-order valence-electron chi connectivity index (χ3n) is 5.32. The van der Waals surface area contributed by atoms with Crippen LogP contribution in [0.3, 0.4) is 0 Å². The fourth-order valence-electron chi connectivity index (χ4n) is 3.85. The molecule has 0 aromatic heterocycles. The highest BCUT2D eigenvalue weighted by atomic mass is 16.4. The maximum atomic E-state index is 10.9. The lowest BCUT2D eigenvalue weighted by atomic mass is 9.96. The lowest BCUT2D eigenvalue weighted by Gasteiger charge is -2.38. The molecule has 24 heavy (non-hydrogen) atoms. The summed E-state index contributed by atoms with van der Waals surface area (Å²) in [6.07, 6.45) is 2.60. The molecule has 1 atom stereocenters. The van der Waals surface area contributed by atoms with Crippen LogP contribution in [-0.2, 0) is 6.54 Å². The number of rotatable bonds is 5. The van der Waals surface area contributed by atoms with Gasteiger partial charge in [0.05, 0.1) is 5.56 Å². The SMILES string of the molecule is CN1CCN(C[C@@H]2CCCN(Cc3ccc(C(=O)O)cc3)C2)CC1. The number of likely N-dealkylation sites (tertiary alicyclic amines) is 1. The molecule has 0 saturated carbocycles. The van der Waals surface area contributed by atoms with E-state index in [-0.39, 0.29) is 0 Å². The van der Waals surface area contributed by atoms with Gasteiger partial charge in [-0.2, -0.15) is 0 Å². The number of carboxylic acid groups (broad SMARTS) is 1. The number of carbonyl (C=O) groups is 1. The van der Waals surface area contributed by atoms with Gasteiger partial charge in [-0.05, 0) is 50.0 Å². The Bertz CT molecular complexity index is 538. The predicted octanol–water partition coefficient (Wildman–Crippen LogP) is 1.84. The summed E-state index contributed by atoms with van der Waals surface area (Å²) in [4.78, 5) is 18.5. The summed E-state index contributed by atoms with van der Waals surface area (Å²) in [5.74, 6) is -0.0905. The maximum absolute atomic E-state index is 10.9. The van der Waals surface area contributed by atoms with Crippen molar-refractivity contribution in [2.45, 2.75) is 19.4 Å². The van der Waals surface area contributed by atoms with E-state index in [2.05, 4.69) is 21.7 Å². The highest BCUT2D eigenvalue weighted by molar-refractivity contribution is 5.87. The normalized spacial score (nSPS) is 24.1. The standard InChI is InChI=1S/C19H29N3O2/c1-20-9-11-21(12-10-20)14-17-3-2-8-22(15-17)13-16-4-6-18(7-5-16)19(23)24/h4-7,17H,2-3,8-15H2,1H3,(H,23,24)/t17-/m0/s1. The first-order valence-electron chi connectivity index (χ1n) is 9.05. The van der Waals surface area contributed by atoms with E-state index in [1.807, 2.05) is 12.1 Å². The quantitative estimate of drug-likeness (QED) is 0.892. The van der Waals surface area contributed by atoms with Crippen LogP contribution in [0.1, 0.15) is 28.8 Å². The number of hydrogen-bond donors (Lipinski definition) is 1. The first kappa shape index (κ1) is 17.4. The third-order valence-corrected chi connectivity index (χ3v) is 5.32. The zero-order chi connectivity index (χ0) is 16.9. The molecule has 5 nitrogen and oxygen atoms in total. The molecule has 2 fully saturated rings. The average molecular weight is 331 g/mol. The molecule has 0 aliphatic carbocycles. The molecule has 132 valence electrons. The molecule has 5 heteroatoms. The zero-order valence-corrected chi connectivity index (χ0v) is 14.7. The van der Waals surface area contributed by atoms with Crippen LogP contribution in [0.4, 0.5) is 0 Å². The Labute approximate surface area is 144 Å². The molecule has 0 unspecified atom stereocenters. The number of aromatic carboxylic acids is 1. The topological polar surface area (TPSA) is 47.0 Å². The Kier molecular flexibility index (Phi) is 5.87. The van der Waals surface area contributed by atoms with Crippen LogP contribution in [0.5, 0.6) is 0 Å². The highest BCUT2D eigenvalue weighted by Crippen LogP contribution is 2.20. The third kappa shape index (κ3) is 4.79. The Morgan fingerprint density at radius 2 is 1.79 bits per heavy atom. The lowest BCUT2D eigenvalue weighted by molar-refractivity contribution is 0.0697. The first-order chi connectivity index (χ1) is 11.6. The summed E-state index contributed by atoms with van der Waals surface area (Å²) < 4.78 is 0. The zero-order valence-electron chi connectivity index (χ0n) is 14.7. The minimum atomic E-state index is -0.855. The minimum Gasteiger partial charge on any atom is -0.478 e. The van der Waals surface area contributed by atoms with Crippen LogP contribution in [0.25, 0.3) is 0 Å². The average Bonchev–Trinajstić information content (AvgIpc) is 2.58. The van der Waals surface area contributed by atoms with E-state index in [1.54, 1.807) is 12.1 Å².